The van der Waals surface area contributed by atoms with Gasteiger partial charge in [0, 0.05) is 12.1 Å². The van der Waals surface area contributed by atoms with E-state index in [-0.39, 0.29) is 5.97 Å². The number of carbonyl (C=O) groups is 1. The van der Waals surface area contributed by atoms with Crippen molar-refractivity contribution in [3.05, 3.63) is 18.0 Å². The lowest BCUT2D eigenvalue weighted by Gasteiger charge is -2.19. The van der Waals surface area contributed by atoms with Crippen molar-refractivity contribution in [2.24, 2.45) is 0 Å². The monoisotopic (exact) mass is 292 g/mol. The zero-order valence-corrected chi connectivity index (χ0v) is 12.9. The summed E-state index contributed by atoms with van der Waals surface area (Å²) in [4.78, 5) is 19.7. The molecule has 0 bridgehead atoms. The van der Waals surface area contributed by atoms with Crippen LogP contribution in [-0.2, 0) is 14.9 Å². The topological polar surface area (TPSA) is 73.4 Å². The van der Waals surface area contributed by atoms with Gasteiger partial charge in [0.15, 0.2) is 11.5 Å². The minimum absolute atomic E-state index is 0.317. The van der Waals surface area contributed by atoms with Gasteiger partial charge in [-0.1, -0.05) is 0 Å². The van der Waals surface area contributed by atoms with E-state index in [4.69, 9.17) is 14.2 Å². The van der Waals surface area contributed by atoms with Crippen LogP contribution in [-0.4, -0.2) is 36.8 Å². The third kappa shape index (κ3) is 2.66. The van der Waals surface area contributed by atoms with E-state index in [2.05, 4.69) is 9.97 Å². The van der Waals surface area contributed by atoms with Crippen LogP contribution in [0.4, 0.5) is 0 Å². The minimum atomic E-state index is -0.852. The second-order valence-corrected chi connectivity index (χ2v) is 5.16. The van der Waals surface area contributed by atoms with E-state index < -0.39 is 5.41 Å². The third-order valence-corrected chi connectivity index (χ3v) is 3.36. The predicted octanol–water partition coefficient (Wildman–Crippen LogP) is 2.42. The van der Waals surface area contributed by atoms with Crippen molar-refractivity contribution >= 4 is 17.0 Å². The molecule has 0 unspecified atom stereocenters. The Kier molecular flexibility index (Phi) is 4.06. The predicted molar refractivity (Wildman–Crippen MR) is 78.9 cm³/mol. The number of esters is 1. The molecular weight excluding hydrogens is 272 g/mol. The number of nitrogens with zero attached hydrogens (tertiary/aromatic N) is 1. The Morgan fingerprint density at radius 1 is 1.24 bits per heavy atom. The van der Waals surface area contributed by atoms with Gasteiger partial charge in [0.2, 0.25) is 0 Å². The fourth-order valence-electron chi connectivity index (χ4n) is 2.04. The molecule has 114 valence electrons. The Morgan fingerprint density at radius 2 is 1.86 bits per heavy atom. The molecule has 2 aromatic rings. The number of aromatic amines is 1. The molecule has 0 aliphatic heterocycles. The fourth-order valence-corrected chi connectivity index (χ4v) is 2.04. The number of carbonyl (C=O) groups excluding carboxylic acids is 1. The molecule has 6 heteroatoms. The zero-order chi connectivity index (χ0) is 15.6. The highest BCUT2D eigenvalue weighted by Gasteiger charge is 2.34. The summed E-state index contributed by atoms with van der Waals surface area (Å²) in [6.45, 7) is 5.67. The number of fused-ring (bicyclic) bond motifs is 1. The molecule has 0 spiro atoms. The summed E-state index contributed by atoms with van der Waals surface area (Å²) in [7, 11) is 3.14. The fraction of sp³-hybridized carbons (Fsp3) is 0.467. The van der Waals surface area contributed by atoms with E-state index >= 15 is 0 Å². The quantitative estimate of drug-likeness (QED) is 0.857. The van der Waals surface area contributed by atoms with Crippen molar-refractivity contribution < 1.29 is 19.0 Å². The Labute approximate surface area is 123 Å². The van der Waals surface area contributed by atoms with Crippen LogP contribution in [0, 0.1) is 0 Å². The Morgan fingerprint density at radius 3 is 2.43 bits per heavy atom. The first-order valence-electron chi connectivity index (χ1n) is 6.73. The van der Waals surface area contributed by atoms with E-state index in [1.807, 2.05) is 0 Å². The zero-order valence-electron chi connectivity index (χ0n) is 12.9. The van der Waals surface area contributed by atoms with Crippen LogP contribution in [0.2, 0.25) is 0 Å². The Bertz CT molecular complexity index is 620. The number of hydrogen-bond acceptors (Lipinski definition) is 5. The number of H-pyrrole nitrogens is 1. The van der Waals surface area contributed by atoms with Crippen LogP contribution in [0.5, 0.6) is 11.5 Å². The molecule has 0 saturated heterocycles. The van der Waals surface area contributed by atoms with Crippen LogP contribution >= 0.6 is 0 Å². The average Bonchev–Trinajstić information content (AvgIpc) is 2.89. The molecule has 0 saturated carbocycles. The molecule has 0 aliphatic carbocycles. The second-order valence-electron chi connectivity index (χ2n) is 5.16. The van der Waals surface area contributed by atoms with Gasteiger partial charge in [-0.3, -0.25) is 4.79 Å². The van der Waals surface area contributed by atoms with Crippen LogP contribution in [0.15, 0.2) is 12.1 Å². The minimum Gasteiger partial charge on any atom is -0.493 e. The van der Waals surface area contributed by atoms with E-state index in [1.165, 1.54) is 0 Å². The van der Waals surface area contributed by atoms with Crippen LogP contribution in [0.1, 0.15) is 26.6 Å². The summed E-state index contributed by atoms with van der Waals surface area (Å²) in [5.74, 6) is 1.43. The molecule has 6 nitrogen and oxygen atoms in total. The summed E-state index contributed by atoms with van der Waals surface area (Å²) >= 11 is 0. The molecule has 0 fully saturated rings. The lowest BCUT2D eigenvalue weighted by molar-refractivity contribution is -0.149. The van der Waals surface area contributed by atoms with Gasteiger partial charge in [0.1, 0.15) is 11.2 Å². The van der Waals surface area contributed by atoms with E-state index in [9.17, 15) is 4.79 Å². The highest BCUT2D eigenvalue weighted by atomic mass is 16.5. The summed E-state index contributed by atoms with van der Waals surface area (Å²) in [5.41, 5.74) is 0.634. The number of imidazole rings is 1. The third-order valence-electron chi connectivity index (χ3n) is 3.36. The number of aromatic nitrogens is 2. The van der Waals surface area contributed by atoms with Gasteiger partial charge >= 0.3 is 5.97 Å². The molecule has 0 amide bonds. The lowest BCUT2D eigenvalue weighted by Crippen LogP contribution is -2.32. The van der Waals surface area contributed by atoms with E-state index in [0.29, 0.717) is 29.4 Å². The summed E-state index contributed by atoms with van der Waals surface area (Å²) < 4.78 is 15.6. The van der Waals surface area contributed by atoms with Crippen molar-refractivity contribution in [1.29, 1.82) is 0 Å². The summed E-state index contributed by atoms with van der Waals surface area (Å²) in [6.07, 6.45) is 0. The Balaban J connectivity index is 2.50. The molecule has 0 aliphatic rings. The van der Waals surface area contributed by atoms with Gasteiger partial charge in [-0.05, 0) is 20.8 Å². The maximum atomic E-state index is 12.1. The van der Waals surface area contributed by atoms with Gasteiger partial charge in [-0.15, -0.1) is 0 Å². The maximum absolute atomic E-state index is 12.1. The Hall–Kier alpha value is -2.24. The van der Waals surface area contributed by atoms with Crippen LogP contribution in [0.25, 0.3) is 11.0 Å². The van der Waals surface area contributed by atoms with Crippen LogP contribution in [0.3, 0.4) is 0 Å². The molecular formula is C15H20N2O4. The van der Waals surface area contributed by atoms with Crippen molar-refractivity contribution in [2.75, 3.05) is 20.8 Å². The highest BCUT2D eigenvalue weighted by Crippen LogP contribution is 2.33. The standard InChI is InChI=1S/C15H20N2O4/c1-6-21-14(18)15(2,3)13-16-9-7-11(19-4)12(20-5)8-10(9)17-13/h7-8H,6H2,1-5H3,(H,16,17). The van der Waals surface area contributed by atoms with Gasteiger partial charge < -0.3 is 19.2 Å². The van der Waals surface area contributed by atoms with Gasteiger partial charge in [0.25, 0.3) is 0 Å². The van der Waals surface area contributed by atoms with Crippen molar-refractivity contribution in [3.8, 4) is 11.5 Å². The number of hydrogen-bond donors (Lipinski definition) is 1. The number of methoxy groups -OCH3 is 2. The van der Waals surface area contributed by atoms with Crippen LogP contribution < -0.4 is 9.47 Å². The largest absolute Gasteiger partial charge is 0.493 e. The van der Waals surface area contributed by atoms with Crippen molar-refractivity contribution in [3.63, 3.8) is 0 Å². The average molecular weight is 292 g/mol. The van der Waals surface area contributed by atoms with E-state index in [0.717, 1.165) is 5.52 Å². The van der Waals surface area contributed by atoms with Crippen molar-refractivity contribution in [2.45, 2.75) is 26.2 Å². The normalized spacial score (nSPS) is 11.5. The first-order chi connectivity index (χ1) is 9.93. The molecule has 1 heterocycles. The van der Waals surface area contributed by atoms with Gasteiger partial charge in [0.05, 0.1) is 31.9 Å². The lowest BCUT2D eigenvalue weighted by atomic mass is 9.93. The molecule has 21 heavy (non-hydrogen) atoms. The number of benzene rings is 1. The smallest absolute Gasteiger partial charge is 0.319 e. The number of ether oxygens (including phenoxy) is 3. The first-order valence-corrected chi connectivity index (χ1v) is 6.73. The van der Waals surface area contributed by atoms with Gasteiger partial charge in [-0.25, -0.2) is 4.98 Å². The second kappa shape index (κ2) is 5.63. The van der Waals surface area contributed by atoms with E-state index in [1.54, 1.807) is 47.1 Å². The molecule has 0 atom stereocenters. The molecule has 1 aromatic heterocycles. The summed E-state index contributed by atoms with van der Waals surface area (Å²) in [5, 5.41) is 0. The summed E-state index contributed by atoms with van der Waals surface area (Å²) in [6, 6.07) is 3.57. The first kappa shape index (κ1) is 15.2. The van der Waals surface area contributed by atoms with Gasteiger partial charge in [-0.2, -0.15) is 0 Å². The SMILES string of the molecule is CCOC(=O)C(C)(C)c1nc2cc(OC)c(OC)cc2[nH]1. The molecule has 2 rings (SSSR count). The number of nitrogens with one attached hydrogen (secondary N) is 1. The van der Waals surface area contributed by atoms with Crippen molar-refractivity contribution in [1.82, 2.24) is 9.97 Å². The molecule has 0 radical (unpaired) electrons. The number of rotatable bonds is 5. The maximum Gasteiger partial charge on any atom is 0.319 e. The molecule has 1 aromatic carbocycles. The molecule has 1 N–H and O–H groups in total. The highest BCUT2D eigenvalue weighted by molar-refractivity contribution is 5.85.